The van der Waals surface area contributed by atoms with Crippen LogP contribution in [0.5, 0.6) is 0 Å². The van der Waals surface area contributed by atoms with E-state index in [2.05, 4.69) is 5.16 Å². The van der Waals surface area contributed by atoms with Crippen molar-refractivity contribution >= 4 is 5.97 Å². The molecule has 1 aromatic heterocycles. The Morgan fingerprint density at radius 2 is 2.19 bits per heavy atom. The Labute approximate surface area is 93.9 Å². The Bertz CT molecular complexity index is 401. The van der Waals surface area contributed by atoms with Gasteiger partial charge in [-0.15, -0.1) is 0 Å². The maximum absolute atomic E-state index is 11.5. The predicted octanol–water partition coefficient (Wildman–Crippen LogP) is 0.823. The number of ether oxygens (including phenoxy) is 1. The number of hydrogen-bond donors (Lipinski definition) is 1. The number of nitrogens with two attached hydrogens (primary N) is 1. The molecule has 0 aromatic carbocycles. The van der Waals surface area contributed by atoms with E-state index in [1.54, 1.807) is 0 Å². The van der Waals surface area contributed by atoms with Gasteiger partial charge in [0.2, 0.25) is 0 Å². The smallest absolute Gasteiger partial charge is 0.323 e. The largest absolute Gasteiger partial charge is 0.468 e. The average Bonchev–Trinajstić information content (AvgIpc) is 2.99. The quantitative estimate of drug-likeness (QED) is 0.769. The molecule has 1 unspecified atom stereocenters. The minimum atomic E-state index is -0.630. The van der Waals surface area contributed by atoms with Gasteiger partial charge in [-0.2, -0.15) is 0 Å². The van der Waals surface area contributed by atoms with Gasteiger partial charge >= 0.3 is 5.97 Å². The van der Waals surface area contributed by atoms with Gasteiger partial charge in [-0.3, -0.25) is 4.79 Å². The minimum Gasteiger partial charge on any atom is -0.468 e. The number of carbonyl (C=O) groups is 1. The molecule has 1 aliphatic rings. The number of esters is 1. The van der Waals surface area contributed by atoms with Crippen molar-refractivity contribution in [3.8, 4) is 0 Å². The fourth-order valence-electron chi connectivity index (χ4n) is 2.40. The summed E-state index contributed by atoms with van der Waals surface area (Å²) in [6.45, 7) is 3.72. The Balaban J connectivity index is 2.37. The van der Waals surface area contributed by atoms with E-state index in [1.807, 2.05) is 13.8 Å². The summed E-state index contributed by atoms with van der Waals surface area (Å²) < 4.78 is 9.83. The first-order valence-corrected chi connectivity index (χ1v) is 5.29. The van der Waals surface area contributed by atoms with Crippen molar-refractivity contribution in [1.29, 1.82) is 0 Å². The summed E-state index contributed by atoms with van der Waals surface area (Å²) >= 11 is 0. The van der Waals surface area contributed by atoms with Crippen molar-refractivity contribution in [2.45, 2.75) is 38.1 Å². The average molecular weight is 224 g/mol. The number of methoxy groups -OCH3 is 1. The summed E-state index contributed by atoms with van der Waals surface area (Å²) in [4.78, 5) is 11.5. The zero-order chi connectivity index (χ0) is 11.9. The van der Waals surface area contributed by atoms with E-state index >= 15 is 0 Å². The van der Waals surface area contributed by atoms with Gasteiger partial charge in [0.15, 0.2) is 0 Å². The van der Waals surface area contributed by atoms with Gasteiger partial charge in [-0.1, -0.05) is 5.16 Å². The van der Waals surface area contributed by atoms with Crippen molar-refractivity contribution in [2.75, 3.05) is 7.11 Å². The van der Waals surface area contributed by atoms with Crippen LogP contribution in [0.25, 0.3) is 0 Å². The molecule has 1 aromatic rings. The van der Waals surface area contributed by atoms with Crippen LogP contribution in [0.2, 0.25) is 0 Å². The van der Waals surface area contributed by atoms with Crippen LogP contribution in [-0.2, 0) is 14.9 Å². The third kappa shape index (κ3) is 1.43. The second-order valence-corrected chi connectivity index (χ2v) is 4.36. The zero-order valence-electron chi connectivity index (χ0n) is 9.74. The van der Waals surface area contributed by atoms with E-state index in [0.717, 1.165) is 29.9 Å². The number of carbonyl (C=O) groups excluding carboxylic acids is 1. The van der Waals surface area contributed by atoms with Crippen LogP contribution in [0.1, 0.15) is 29.9 Å². The van der Waals surface area contributed by atoms with Crippen LogP contribution in [0.3, 0.4) is 0 Å². The minimum absolute atomic E-state index is 0.318. The lowest BCUT2D eigenvalue weighted by molar-refractivity contribution is -0.143. The monoisotopic (exact) mass is 224 g/mol. The molecule has 0 radical (unpaired) electrons. The van der Waals surface area contributed by atoms with Gasteiger partial charge in [-0.05, 0) is 26.7 Å². The second-order valence-electron chi connectivity index (χ2n) is 4.36. The summed E-state index contributed by atoms with van der Waals surface area (Å²) in [5, 5.41) is 3.91. The molecule has 1 saturated carbocycles. The molecule has 0 saturated heterocycles. The summed E-state index contributed by atoms with van der Waals surface area (Å²) in [7, 11) is 1.35. The molecule has 1 aliphatic carbocycles. The van der Waals surface area contributed by atoms with E-state index in [-0.39, 0.29) is 11.4 Å². The van der Waals surface area contributed by atoms with Gasteiger partial charge in [0.25, 0.3) is 0 Å². The Kier molecular flexibility index (Phi) is 2.50. The van der Waals surface area contributed by atoms with Crippen molar-refractivity contribution in [2.24, 2.45) is 5.73 Å². The van der Waals surface area contributed by atoms with E-state index in [1.165, 1.54) is 7.11 Å². The molecule has 1 heterocycles. The van der Waals surface area contributed by atoms with Gasteiger partial charge in [0.1, 0.15) is 11.8 Å². The van der Waals surface area contributed by atoms with Crippen molar-refractivity contribution in [3.63, 3.8) is 0 Å². The van der Waals surface area contributed by atoms with Crippen LogP contribution < -0.4 is 5.73 Å². The third-order valence-electron chi connectivity index (χ3n) is 3.37. The standard InChI is InChI=1S/C11H16N2O3/c1-6-8(7(2)16-13-6)11(4-5-11)9(12)10(14)15-3/h9H,4-5,12H2,1-3H3. The van der Waals surface area contributed by atoms with Crippen molar-refractivity contribution in [1.82, 2.24) is 5.16 Å². The topological polar surface area (TPSA) is 78.4 Å². The molecule has 0 aliphatic heterocycles. The number of rotatable bonds is 3. The third-order valence-corrected chi connectivity index (χ3v) is 3.37. The maximum Gasteiger partial charge on any atom is 0.323 e. The maximum atomic E-state index is 11.5. The van der Waals surface area contributed by atoms with Crippen molar-refractivity contribution < 1.29 is 14.1 Å². The number of nitrogens with zero attached hydrogens (tertiary/aromatic N) is 1. The molecule has 2 N–H and O–H groups in total. The lowest BCUT2D eigenvalue weighted by Gasteiger charge is -2.20. The van der Waals surface area contributed by atoms with Gasteiger partial charge in [0.05, 0.1) is 12.8 Å². The predicted molar refractivity (Wildman–Crippen MR) is 56.9 cm³/mol. The van der Waals surface area contributed by atoms with Gasteiger partial charge in [0, 0.05) is 11.0 Å². The van der Waals surface area contributed by atoms with E-state index in [9.17, 15) is 4.79 Å². The molecular formula is C11H16N2O3. The molecular weight excluding hydrogens is 208 g/mol. The highest BCUT2D eigenvalue weighted by atomic mass is 16.5. The van der Waals surface area contributed by atoms with E-state index < -0.39 is 6.04 Å². The Morgan fingerprint density at radius 1 is 1.56 bits per heavy atom. The van der Waals surface area contributed by atoms with Crippen LogP contribution >= 0.6 is 0 Å². The fraction of sp³-hybridized carbons (Fsp3) is 0.636. The first-order valence-electron chi connectivity index (χ1n) is 5.29. The van der Waals surface area contributed by atoms with Gasteiger partial charge < -0.3 is 15.0 Å². The van der Waals surface area contributed by atoms with Crippen LogP contribution in [-0.4, -0.2) is 24.3 Å². The highest BCUT2D eigenvalue weighted by Crippen LogP contribution is 2.52. The molecule has 1 atom stereocenters. The molecule has 0 amide bonds. The summed E-state index contributed by atoms with van der Waals surface area (Å²) in [5.41, 5.74) is 7.43. The van der Waals surface area contributed by atoms with E-state index in [0.29, 0.717) is 0 Å². The normalized spacial score (nSPS) is 19.2. The van der Waals surface area contributed by atoms with Gasteiger partial charge in [-0.25, -0.2) is 0 Å². The summed E-state index contributed by atoms with van der Waals surface area (Å²) in [5.74, 6) is 0.367. The summed E-state index contributed by atoms with van der Waals surface area (Å²) in [6, 6.07) is -0.630. The molecule has 0 spiro atoms. The SMILES string of the molecule is COC(=O)C(N)C1(c2c(C)noc2C)CC1. The Hall–Kier alpha value is -1.36. The number of aromatic nitrogens is 1. The van der Waals surface area contributed by atoms with Crippen LogP contribution in [0.15, 0.2) is 4.52 Å². The molecule has 16 heavy (non-hydrogen) atoms. The first kappa shape index (κ1) is 11.1. The molecule has 5 heteroatoms. The summed E-state index contributed by atoms with van der Waals surface area (Å²) in [6.07, 6.45) is 1.76. The molecule has 88 valence electrons. The molecule has 1 fully saturated rings. The molecule has 5 nitrogen and oxygen atoms in total. The fourth-order valence-corrected chi connectivity index (χ4v) is 2.40. The van der Waals surface area contributed by atoms with E-state index in [4.69, 9.17) is 15.0 Å². The number of hydrogen-bond acceptors (Lipinski definition) is 5. The molecule has 2 rings (SSSR count). The highest BCUT2D eigenvalue weighted by molar-refractivity contribution is 5.79. The van der Waals surface area contributed by atoms with Crippen LogP contribution in [0, 0.1) is 13.8 Å². The Morgan fingerprint density at radius 3 is 2.56 bits per heavy atom. The number of aryl methyl sites for hydroxylation is 2. The molecule has 0 bridgehead atoms. The van der Waals surface area contributed by atoms with Crippen molar-refractivity contribution in [3.05, 3.63) is 17.0 Å². The lowest BCUT2D eigenvalue weighted by atomic mass is 9.87. The first-order chi connectivity index (χ1) is 7.53. The zero-order valence-corrected chi connectivity index (χ0v) is 9.74. The highest BCUT2D eigenvalue weighted by Gasteiger charge is 2.55. The lowest BCUT2D eigenvalue weighted by Crippen LogP contribution is -2.43. The van der Waals surface area contributed by atoms with Crippen LogP contribution in [0.4, 0.5) is 0 Å². The second kappa shape index (κ2) is 3.59.